The van der Waals surface area contributed by atoms with Gasteiger partial charge in [0.15, 0.2) is 0 Å². The highest BCUT2D eigenvalue weighted by molar-refractivity contribution is 7.15. The number of aryl methyl sites for hydroxylation is 1. The van der Waals surface area contributed by atoms with Crippen molar-refractivity contribution in [2.24, 2.45) is 0 Å². The van der Waals surface area contributed by atoms with Crippen molar-refractivity contribution in [1.29, 1.82) is 0 Å². The molecule has 0 aliphatic carbocycles. The van der Waals surface area contributed by atoms with Crippen molar-refractivity contribution >= 4 is 22.4 Å². The van der Waals surface area contributed by atoms with Crippen LogP contribution in [0, 0.1) is 6.92 Å². The Morgan fingerprint density at radius 3 is 2.41 bits per heavy atom. The quantitative estimate of drug-likeness (QED) is 0.692. The van der Waals surface area contributed by atoms with E-state index >= 15 is 0 Å². The van der Waals surface area contributed by atoms with Gasteiger partial charge in [0.05, 0.1) is 0 Å². The van der Waals surface area contributed by atoms with Crippen molar-refractivity contribution in [2.45, 2.75) is 6.92 Å². The first kappa shape index (κ1) is 17.5. The Labute approximate surface area is 162 Å². The fourth-order valence-corrected chi connectivity index (χ4v) is 3.75. The van der Waals surface area contributed by atoms with Gasteiger partial charge in [-0.25, -0.2) is 0 Å². The number of amides is 1. The molecule has 1 saturated heterocycles. The number of ether oxygens (including phenoxy) is 1. The van der Waals surface area contributed by atoms with Crippen LogP contribution in [0.25, 0.3) is 0 Å². The van der Waals surface area contributed by atoms with Gasteiger partial charge in [-0.15, -0.1) is 10.2 Å². The van der Waals surface area contributed by atoms with E-state index in [0.29, 0.717) is 24.4 Å². The van der Waals surface area contributed by atoms with Crippen molar-refractivity contribution in [2.75, 3.05) is 31.1 Å². The highest BCUT2D eigenvalue weighted by Crippen LogP contribution is 2.24. The highest BCUT2D eigenvalue weighted by Gasteiger charge is 2.24. The largest absolute Gasteiger partial charge is 0.457 e. The summed E-state index contributed by atoms with van der Waals surface area (Å²) in [5.41, 5.74) is 0.642. The van der Waals surface area contributed by atoms with Gasteiger partial charge in [0.25, 0.3) is 5.91 Å². The SMILES string of the molecule is Cc1nnc(N2CCN(C(=O)c3cccc(Oc4ccccc4)c3)CC2)s1. The molecule has 0 radical (unpaired) electrons. The Morgan fingerprint density at radius 2 is 1.70 bits per heavy atom. The van der Waals surface area contributed by atoms with Crippen molar-refractivity contribution in [3.8, 4) is 11.5 Å². The second-order valence-corrected chi connectivity index (χ2v) is 7.49. The Balaban J connectivity index is 1.40. The number of carbonyl (C=O) groups is 1. The van der Waals surface area contributed by atoms with Crippen LogP contribution in [0.1, 0.15) is 15.4 Å². The maximum atomic E-state index is 12.9. The van der Waals surface area contributed by atoms with Gasteiger partial charge in [0.2, 0.25) is 5.13 Å². The first-order valence-electron chi connectivity index (χ1n) is 8.86. The standard InChI is InChI=1S/C20H20N4O2S/c1-15-21-22-20(27-15)24-12-10-23(11-13-24)19(25)16-6-5-9-18(14-16)26-17-7-3-2-4-8-17/h2-9,14H,10-13H2,1H3. The third kappa shape index (κ3) is 4.09. The summed E-state index contributed by atoms with van der Waals surface area (Å²) in [6.07, 6.45) is 0. The molecular formula is C20H20N4O2S. The first-order valence-corrected chi connectivity index (χ1v) is 9.68. The number of benzene rings is 2. The molecule has 0 unspecified atom stereocenters. The van der Waals surface area contributed by atoms with E-state index in [1.54, 1.807) is 17.4 Å². The Morgan fingerprint density at radius 1 is 0.963 bits per heavy atom. The predicted molar refractivity (Wildman–Crippen MR) is 106 cm³/mol. The molecule has 1 aliphatic heterocycles. The van der Waals surface area contributed by atoms with Crippen LogP contribution in [0.15, 0.2) is 54.6 Å². The lowest BCUT2D eigenvalue weighted by molar-refractivity contribution is 0.0746. The number of aromatic nitrogens is 2. The van der Waals surface area contributed by atoms with E-state index < -0.39 is 0 Å². The number of anilines is 1. The fraction of sp³-hybridized carbons (Fsp3) is 0.250. The summed E-state index contributed by atoms with van der Waals surface area (Å²) in [6, 6.07) is 16.9. The van der Waals surface area contributed by atoms with E-state index in [0.717, 1.165) is 29.0 Å². The molecule has 1 aromatic heterocycles. The molecular weight excluding hydrogens is 360 g/mol. The summed E-state index contributed by atoms with van der Waals surface area (Å²) >= 11 is 1.59. The maximum absolute atomic E-state index is 12.9. The molecule has 1 aliphatic rings. The second-order valence-electron chi connectivity index (χ2n) is 6.33. The van der Waals surface area contributed by atoms with Crippen molar-refractivity contribution in [3.05, 3.63) is 65.2 Å². The van der Waals surface area contributed by atoms with Gasteiger partial charge in [-0.3, -0.25) is 4.79 Å². The van der Waals surface area contributed by atoms with Gasteiger partial charge in [-0.2, -0.15) is 0 Å². The Hall–Kier alpha value is -2.93. The minimum Gasteiger partial charge on any atom is -0.457 e. The van der Waals surface area contributed by atoms with Crippen LogP contribution in [0.3, 0.4) is 0 Å². The lowest BCUT2D eigenvalue weighted by atomic mass is 10.1. The molecule has 0 saturated carbocycles. The van der Waals surface area contributed by atoms with Crippen LogP contribution in [-0.2, 0) is 0 Å². The average molecular weight is 380 g/mol. The summed E-state index contributed by atoms with van der Waals surface area (Å²) in [6.45, 7) is 4.81. The number of hydrogen-bond donors (Lipinski definition) is 0. The van der Waals surface area contributed by atoms with Crippen molar-refractivity contribution < 1.29 is 9.53 Å². The molecule has 4 rings (SSSR count). The van der Waals surface area contributed by atoms with Crippen LogP contribution >= 0.6 is 11.3 Å². The number of para-hydroxylation sites is 1. The summed E-state index contributed by atoms with van der Waals surface area (Å²) in [5, 5.41) is 10.1. The van der Waals surface area contributed by atoms with Crippen LogP contribution in [0.5, 0.6) is 11.5 Å². The molecule has 2 heterocycles. The number of carbonyl (C=O) groups excluding carboxylic acids is 1. The normalized spacial score (nSPS) is 14.3. The van der Waals surface area contributed by atoms with Crippen molar-refractivity contribution in [3.63, 3.8) is 0 Å². The summed E-state index contributed by atoms with van der Waals surface area (Å²) in [5.74, 6) is 1.44. The summed E-state index contributed by atoms with van der Waals surface area (Å²) < 4.78 is 5.84. The third-order valence-corrected chi connectivity index (χ3v) is 5.31. The molecule has 0 spiro atoms. The lowest BCUT2D eigenvalue weighted by Gasteiger charge is -2.34. The van der Waals surface area contributed by atoms with Crippen LogP contribution in [0.4, 0.5) is 5.13 Å². The zero-order valence-corrected chi connectivity index (χ0v) is 15.9. The molecule has 6 nitrogen and oxygen atoms in total. The van der Waals surface area contributed by atoms with Crippen LogP contribution in [0.2, 0.25) is 0 Å². The maximum Gasteiger partial charge on any atom is 0.254 e. The Bertz CT molecular complexity index is 920. The van der Waals surface area contributed by atoms with Gasteiger partial charge in [0, 0.05) is 31.7 Å². The smallest absolute Gasteiger partial charge is 0.254 e. The predicted octanol–water partition coefficient (Wildman–Crippen LogP) is 3.60. The first-order chi connectivity index (χ1) is 13.2. The number of nitrogens with zero attached hydrogens (tertiary/aromatic N) is 4. The van der Waals surface area contributed by atoms with Gasteiger partial charge < -0.3 is 14.5 Å². The van der Waals surface area contributed by atoms with Gasteiger partial charge in [0.1, 0.15) is 16.5 Å². The minimum absolute atomic E-state index is 0.0293. The molecule has 0 N–H and O–H groups in total. The molecule has 2 aromatic carbocycles. The van der Waals surface area contributed by atoms with Gasteiger partial charge in [-0.1, -0.05) is 35.6 Å². The second kappa shape index (κ2) is 7.75. The molecule has 1 amide bonds. The zero-order valence-electron chi connectivity index (χ0n) is 15.0. The number of hydrogen-bond acceptors (Lipinski definition) is 6. The van der Waals surface area contributed by atoms with Crippen molar-refractivity contribution in [1.82, 2.24) is 15.1 Å². The van der Waals surface area contributed by atoms with Gasteiger partial charge >= 0.3 is 0 Å². The highest BCUT2D eigenvalue weighted by atomic mass is 32.1. The molecule has 0 atom stereocenters. The lowest BCUT2D eigenvalue weighted by Crippen LogP contribution is -2.48. The molecule has 0 bridgehead atoms. The summed E-state index contributed by atoms with van der Waals surface area (Å²) in [7, 11) is 0. The van der Waals surface area contributed by atoms with Gasteiger partial charge in [-0.05, 0) is 37.3 Å². The fourth-order valence-electron chi connectivity index (χ4n) is 3.01. The summed E-state index contributed by atoms with van der Waals surface area (Å²) in [4.78, 5) is 16.9. The molecule has 3 aromatic rings. The third-order valence-electron chi connectivity index (χ3n) is 4.41. The van der Waals surface area contributed by atoms with E-state index in [9.17, 15) is 4.79 Å². The molecule has 7 heteroatoms. The molecule has 138 valence electrons. The van der Waals surface area contributed by atoms with Crippen LogP contribution < -0.4 is 9.64 Å². The number of rotatable bonds is 4. The average Bonchev–Trinajstić information content (AvgIpc) is 3.15. The minimum atomic E-state index is 0.0293. The molecule has 27 heavy (non-hydrogen) atoms. The zero-order chi connectivity index (χ0) is 18.6. The van der Waals surface area contributed by atoms with E-state index in [1.807, 2.05) is 60.4 Å². The van der Waals surface area contributed by atoms with E-state index in [1.165, 1.54) is 0 Å². The topological polar surface area (TPSA) is 58.6 Å². The monoisotopic (exact) mass is 380 g/mol. The van der Waals surface area contributed by atoms with E-state index in [-0.39, 0.29) is 5.91 Å². The molecule has 1 fully saturated rings. The van der Waals surface area contributed by atoms with Crippen LogP contribution in [-0.4, -0.2) is 47.2 Å². The Kier molecular flexibility index (Phi) is 5.02. The van der Waals surface area contributed by atoms with E-state index in [2.05, 4.69) is 15.1 Å². The van der Waals surface area contributed by atoms with E-state index in [4.69, 9.17) is 4.74 Å². The number of piperazine rings is 1.